The van der Waals surface area contributed by atoms with Crippen molar-refractivity contribution in [3.63, 3.8) is 0 Å². The van der Waals surface area contributed by atoms with Crippen molar-refractivity contribution in [3.05, 3.63) is 23.8 Å². The fourth-order valence-electron chi connectivity index (χ4n) is 4.05. The van der Waals surface area contributed by atoms with Crippen molar-refractivity contribution in [1.82, 2.24) is 0 Å². The average Bonchev–Trinajstić information content (AvgIpc) is 2.77. The largest absolute Gasteiger partial charge is 0.423 e. The Morgan fingerprint density at radius 2 is 1.24 bits per heavy atom. The minimum atomic E-state index is -0.262. The Morgan fingerprint density at radius 1 is 0.706 bits per heavy atom. The molecule has 0 amide bonds. The van der Waals surface area contributed by atoms with Crippen LogP contribution < -0.4 is 9.47 Å². The van der Waals surface area contributed by atoms with Crippen LogP contribution in [0.1, 0.15) is 130 Å². The van der Waals surface area contributed by atoms with Crippen LogP contribution in [0.25, 0.3) is 0 Å². The molecule has 0 aliphatic carbocycles. The first-order valence-electron chi connectivity index (χ1n) is 13.9. The maximum Gasteiger partial charge on any atom is 0.311 e. The van der Waals surface area contributed by atoms with Crippen LogP contribution in [0.4, 0.5) is 0 Å². The van der Waals surface area contributed by atoms with Crippen molar-refractivity contribution < 1.29 is 19.1 Å². The van der Waals surface area contributed by atoms with Crippen molar-refractivity contribution in [3.8, 4) is 11.5 Å². The van der Waals surface area contributed by atoms with E-state index in [9.17, 15) is 9.59 Å². The lowest BCUT2D eigenvalue weighted by molar-refractivity contribution is -0.137. The Bertz CT molecular complexity index is 693. The van der Waals surface area contributed by atoms with Crippen molar-refractivity contribution in [1.29, 1.82) is 0 Å². The molecule has 0 heterocycles. The number of hydrogen-bond donors (Lipinski definition) is 0. The molecule has 194 valence electrons. The highest BCUT2D eigenvalue weighted by Gasteiger charge is 2.18. The molecule has 0 aliphatic rings. The number of carbonyl (C=O) groups excluding carboxylic acids is 2. The molecule has 0 N–H and O–H groups in total. The van der Waals surface area contributed by atoms with E-state index in [0.717, 1.165) is 50.5 Å². The number of rotatable bonds is 19. The summed E-state index contributed by atoms with van der Waals surface area (Å²) >= 11 is 0. The van der Waals surface area contributed by atoms with Gasteiger partial charge in [0, 0.05) is 12.8 Å². The summed E-state index contributed by atoms with van der Waals surface area (Å²) in [5.41, 5.74) is 0.954. The van der Waals surface area contributed by atoms with Crippen LogP contribution in [-0.2, 0) is 16.0 Å². The molecule has 4 heteroatoms. The van der Waals surface area contributed by atoms with Gasteiger partial charge in [0.25, 0.3) is 0 Å². The third-order valence-electron chi connectivity index (χ3n) is 6.12. The van der Waals surface area contributed by atoms with Gasteiger partial charge in [-0.3, -0.25) is 9.59 Å². The number of esters is 2. The van der Waals surface area contributed by atoms with Gasteiger partial charge in [0.1, 0.15) is 0 Å². The molecule has 0 atom stereocenters. The van der Waals surface area contributed by atoms with E-state index in [2.05, 4.69) is 34.6 Å². The predicted molar refractivity (Wildman–Crippen MR) is 141 cm³/mol. The first-order chi connectivity index (χ1) is 16.3. The molecule has 0 fully saturated rings. The third kappa shape index (κ3) is 14.4. The summed E-state index contributed by atoms with van der Waals surface area (Å²) in [5, 5.41) is 0. The number of unbranched alkanes of at least 4 members (excludes halogenated alkanes) is 7. The topological polar surface area (TPSA) is 52.6 Å². The lowest BCUT2D eigenvalue weighted by Crippen LogP contribution is -2.13. The second kappa shape index (κ2) is 18.5. The SMILES string of the molecule is CCCCCCCCCCc1cccc(OC(=O)CCCC(C)C)c1OC(=O)CCCC(C)C. The monoisotopic (exact) mass is 474 g/mol. The van der Waals surface area contributed by atoms with Crippen molar-refractivity contribution in [2.24, 2.45) is 11.8 Å². The molecule has 0 aliphatic heterocycles. The number of para-hydroxylation sites is 1. The van der Waals surface area contributed by atoms with Gasteiger partial charge in [0.15, 0.2) is 11.5 Å². The minimum Gasteiger partial charge on any atom is -0.423 e. The van der Waals surface area contributed by atoms with Crippen molar-refractivity contribution in [2.75, 3.05) is 0 Å². The summed E-state index contributed by atoms with van der Waals surface area (Å²) in [6, 6.07) is 5.63. The molecule has 0 saturated heterocycles. The molecule has 0 saturated carbocycles. The van der Waals surface area contributed by atoms with E-state index in [0.29, 0.717) is 36.2 Å². The van der Waals surface area contributed by atoms with Gasteiger partial charge in [-0.25, -0.2) is 0 Å². The van der Waals surface area contributed by atoms with Crippen LogP contribution in [-0.4, -0.2) is 11.9 Å². The fourth-order valence-corrected chi connectivity index (χ4v) is 4.05. The van der Waals surface area contributed by atoms with Gasteiger partial charge >= 0.3 is 11.9 Å². The second-order valence-corrected chi connectivity index (χ2v) is 10.5. The molecule has 4 nitrogen and oxygen atoms in total. The van der Waals surface area contributed by atoms with Gasteiger partial charge in [-0.1, -0.05) is 105 Å². The van der Waals surface area contributed by atoms with Gasteiger partial charge in [0.2, 0.25) is 0 Å². The lowest BCUT2D eigenvalue weighted by atomic mass is 10.0. The van der Waals surface area contributed by atoms with Crippen LogP contribution in [0, 0.1) is 11.8 Å². The molecular formula is C30H50O4. The first-order valence-corrected chi connectivity index (χ1v) is 13.9. The van der Waals surface area contributed by atoms with Crippen LogP contribution >= 0.6 is 0 Å². The molecule has 0 spiro atoms. The van der Waals surface area contributed by atoms with Gasteiger partial charge in [-0.2, -0.15) is 0 Å². The molecule has 1 aromatic carbocycles. The molecule has 0 bridgehead atoms. The van der Waals surface area contributed by atoms with E-state index >= 15 is 0 Å². The lowest BCUT2D eigenvalue weighted by Gasteiger charge is -2.15. The van der Waals surface area contributed by atoms with Gasteiger partial charge in [0.05, 0.1) is 0 Å². The Hall–Kier alpha value is -1.84. The standard InChI is InChI=1S/C30H50O4/c1-6-7-8-9-10-11-12-13-19-26-20-16-21-27(33-28(31)22-14-17-24(2)3)30(26)34-29(32)23-15-18-25(4)5/h16,20-21,24-25H,6-15,17-19,22-23H2,1-5H3. The van der Waals surface area contributed by atoms with Crippen molar-refractivity contribution in [2.45, 2.75) is 131 Å². The first kappa shape index (κ1) is 30.2. The van der Waals surface area contributed by atoms with Crippen molar-refractivity contribution >= 4 is 11.9 Å². The summed E-state index contributed by atoms with van der Waals surface area (Å²) in [4.78, 5) is 25.0. The fraction of sp³-hybridized carbons (Fsp3) is 0.733. The number of carbonyl (C=O) groups is 2. The quantitative estimate of drug-likeness (QED) is 0.114. The molecule has 34 heavy (non-hydrogen) atoms. The molecule has 0 aromatic heterocycles. The van der Waals surface area contributed by atoms with E-state index in [-0.39, 0.29) is 11.9 Å². The zero-order chi connectivity index (χ0) is 25.2. The third-order valence-corrected chi connectivity index (χ3v) is 6.12. The van der Waals surface area contributed by atoms with E-state index in [1.165, 1.54) is 38.5 Å². The maximum atomic E-state index is 12.6. The number of hydrogen-bond acceptors (Lipinski definition) is 4. The van der Waals surface area contributed by atoms with Gasteiger partial charge in [-0.05, 0) is 49.1 Å². The molecule has 0 unspecified atom stereocenters. The Labute approximate surface area is 209 Å². The van der Waals surface area contributed by atoms with E-state index in [4.69, 9.17) is 9.47 Å². The Balaban J connectivity index is 2.75. The smallest absolute Gasteiger partial charge is 0.311 e. The zero-order valence-electron chi connectivity index (χ0n) is 22.6. The normalized spacial score (nSPS) is 11.3. The molecular weight excluding hydrogens is 424 g/mol. The number of aryl methyl sites for hydroxylation is 1. The average molecular weight is 475 g/mol. The molecule has 1 rings (SSSR count). The van der Waals surface area contributed by atoms with Crippen LogP contribution in [0.3, 0.4) is 0 Å². The van der Waals surface area contributed by atoms with Gasteiger partial charge in [-0.15, -0.1) is 0 Å². The summed E-state index contributed by atoms with van der Waals surface area (Å²) in [6.07, 6.45) is 15.1. The van der Waals surface area contributed by atoms with Crippen LogP contribution in [0.15, 0.2) is 18.2 Å². The number of ether oxygens (including phenoxy) is 2. The minimum absolute atomic E-state index is 0.249. The summed E-state index contributed by atoms with van der Waals surface area (Å²) in [7, 11) is 0. The van der Waals surface area contributed by atoms with Crippen LogP contribution in [0.5, 0.6) is 11.5 Å². The highest BCUT2D eigenvalue weighted by molar-refractivity contribution is 5.76. The second-order valence-electron chi connectivity index (χ2n) is 10.5. The summed E-state index contributed by atoms with van der Waals surface area (Å²) < 4.78 is 11.5. The molecule has 1 aromatic rings. The van der Waals surface area contributed by atoms with Crippen LogP contribution in [0.2, 0.25) is 0 Å². The summed E-state index contributed by atoms with van der Waals surface area (Å²) in [6.45, 7) is 10.8. The Morgan fingerprint density at radius 3 is 1.79 bits per heavy atom. The Kier molecular flexibility index (Phi) is 16.4. The van der Waals surface area contributed by atoms with Gasteiger partial charge < -0.3 is 9.47 Å². The summed E-state index contributed by atoms with van der Waals surface area (Å²) in [5.74, 6) is 1.43. The van der Waals surface area contributed by atoms with E-state index < -0.39 is 0 Å². The predicted octanol–water partition coefficient (Wildman–Crippen LogP) is 8.83. The molecule has 0 radical (unpaired) electrons. The van der Waals surface area contributed by atoms with E-state index in [1.54, 1.807) is 6.07 Å². The van der Waals surface area contributed by atoms with E-state index in [1.807, 2.05) is 12.1 Å². The zero-order valence-corrected chi connectivity index (χ0v) is 22.6. The maximum absolute atomic E-state index is 12.6. The number of benzene rings is 1. The highest BCUT2D eigenvalue weighted by Crippen LogP contribution is 2.33. The highest BCUT2D eigenvalue weighted by atomic mass is 16.6.